The number of esters is 1. The predicted octanol–water partition coefficient (Wildman–Crippen LogP) is 2.92. The molecule has 0 bridgehead atoms. The summed E-state index contributed by atoms with van der Waals surface area (Å²) in [5.74, 6) is -0.166. The van der Waals surface area contributed by atoms with Gasteiger partial charge in [0.25, 0.3) is 0 Å². The number of nitrogens with zero attached hydrogens (tertiary/aromatic N) is 1. The summed E-state index contributed by atoms with van der Waals surface area (Å²) in [6, 6.07) is 4.40. The zero-order valence-corrected chi connectivity index (χ0v) is 12.5. The molecule has 2 rings (SSSR count). The minimum Gasteiger partial charge on any atom is -0.468 e. The number of rotatable bonds is 4. The van der Waals surface area contributed by atoms with E-state index in [4.69, 9.17) is 4.74 Å². The van der Waals surface area contributed by atoms with Crippen LogP contribution in [0.15, 0.2) is 12.1 Å². The van der Waals surface area contributed by atoms with E-state index in [1.165, 1.54) is 36.6 Å². The highest BCUT2D eigenvalue weighted by atomic mass is 16.5. The minimum absolute atomic E-state index is 0.166. The van der Waals surface area contributed by atoms with Crippen LogP contribution in [0.5, 0.6) is 0 Å². The van der Waals surface area contributed by atoms with Gasteiger partial charge in [-0.2, -0.15) is 0 Å². The van der Waals surface area contributed by atoms with Crippen LogP contribution >= 0.6 is 0 Å². The lowest BCUT2D eigenvalue weighted by Gasteiger charge is -2.28. The molecular formula is C16H23NO2. The van der Waals surface area contributed by atoms with Crippen LogP contribution in [0.4, 0.5) is 0 Å². The molecule has 3 heteroatoms. The van der Waals surface area contributed by atoms with E-state index in [2.05, 4.69) is 37.8 Å². The maximum atomic E-state index is 12.2. The van der Waals surface area contributed by atoms with Gasteiger partial charge < -0.3 is 4.74 Å². The zero-order chi connectivity index (χ0) is 14.2. The fourth-order valence-electron chi connectivity index (χ4n) is 2.59. The van der Waals surface area contributed by atoms with Gasteiger partial charge in [0, 0.05) is 6.04 Å². The van der Waals surface area contributed by atoms with Crippen LogP contribution in [0.25, 0.3) is 0 Å². The molecule has 0 saturated heterocycles. The van der Waals surface area contributed by atoms with Crippen molar-refractivity contribution in [3.05, 3.63) is 34.4 Å². The molecule has 1 saturated carbocycles. The number of ether oxygens (including phenoxy) is 1. The van der Waals surface area contributed by atoms with Gasteiger partial charge in [-0.15, -0.1) is 0 Å². The number of aryl methyl sites for hydroxylation is 1. The molecule has 0 N–H and O–H groups in total. The molecule has 0 aliphatic heterocycles. The molecule has 0 radical (unpaired) electrons. The Labute approximate surface area is 115 Å². The molecule has 0 aromatic heterocycles. The molecule has 0 spiro atoms. The SMILES string of the molecule is COC(=O)C(c1ccc(C)c(C)c1C)N(C)C1CC1. The van der Waals surface area contributed by atoms with Crippen molar-refractivity contribution in [2.24, 2.45) is 0 Å². The van der Waals surface area contributed by atoms with Gasteiger partial charge in [-0.05, 0) is 62.9 Å². The van der Waals surface area contributed by atoms with Crippen molar-refractivity contribution < 1.29 is 9.53 Å². The molecule has 1 aliphatic carbocycles. The summed E-state index contributed by atoms with van der Waals surface area (Å²) < 4.78 is 5.01. The number of benzene rings is 1. The number of hydrogen-bond donors (Lipinski definition) is 0. The standard InChI is InChI=1S/C16H23NO2/c1-10-6-9-14(12(3)11(10)2)15(16(18)19-5)17(4)13-7-8-13/h6,9,13,15H,7-8H2,1-5H3. The number of carbonyl (C=O) groups excluding carboxylic acids is 1. The second-order valence-corrected chi connectivity index (χ2v) is 5.54. The second kappa shape index (κ2) is 5.33. The summed E-state index contributed by atoms with van der Waals surface area (Å²) in [5, 5.41) is 0. The average molecular weight is 261 g/mol. The summed E-state index contributed by atoms with van der Waals surface area (Å²) >= 11 is 0. The van der Waals surface area contributed by atoms with Gasteiger partial charge in [0.15, 0.2) is 0 Å². The topological polar surface area (TPSA) is 29.5 Å². The van der Waals surface area contributed by atoms with Crippen LogP contribution in [0, 0.1) is 20.8 Å². The molecule has 1 aromatic rings. The maximum Gasteiger partial charge on any atom is 0.327 e. The van der Waals surface area contributed by atoms with E-state index < -0.39 is 0 Å². The Morgan fingerprint density at radius 2 is 1.89 bits per heavy atom. The van der Waals surface area contributed by atoms with E-state index in [1.807, 2.05) is 7.05 Å². The van der Waals surface area contributed by atoms with Crippen LogP contribution in [0.3, 0.4) is 0 Å². The molecule has 1 atom stereocenters. The normalized spacial score (nSPS) is 16.5. The fourth-order valence-corrected chi connectivity index (χ4v) is 2.59. The monoisotopic (exact) mass is 261 g/mol. The number of hydrogen-bond acceptors (Lipinski definition) is 3. The van der Waals surface area contributed by atoms with Crippen molar-refractivity contribution in [3.63, 3.8) is 0 Å². The maximum absolute atomic E-state index is 12.2. The molecule has 0 amide bonds. The van der Waals surface area contributed by atoms with Crippen molar-refractivity contribution in [2.45, 2.75) is 45.7 Å². The van der Waals surface area contributed by atoms with Gasteiger partial charge in [0.2, 0.25) is 0 Å². The van der Waals surface area contributed by atoms with Crippen molar-refractivity contribution >= 4 is 5.97 Å². The van der Waals surface area contributed by atoms with Crippen LogP contribution in [-0.4, -0.2) is 31.1 Å². The third-order valence-corrected chi connectivity index (χ3v) is 4.35. The van der Waals surface area contributed by atoms with Crippen molar-refractivity contribution in [1.82, 2.24) is 4.90 Å². The lowest BCUT2D eigenvalue weighted by Crippen LogP contribution is -2.34. The van der Waals surface area contributed by atoms with E-state index in [0.29, 0.717) is 6.04 Å². The van der Waals surface area contributed by atoms with Crippen LogP contribution < -0.4 is 0 Å². The van der Waals surface area contributed by atoms with Gasteiger partial charge in [0.05, 0.1) is 7.11 Å². The Balaban J connectivity index is 2.43. The first-order valence-electron chi connectivity index (χ1n) is 6.83. The first kappa shape index (κ1) is 14.1. The fraction of sp³-hybridized carbons (Fsp3) is 0.562. The quantitative estimate of drug-likeness (QED) is 0.780. The molecule has 1 fully saturated rings. The first-order chi connectivity index (χ1) is 8.97. The molecular weight excluding hydrogens is 238 g/mol. The molecule has 1 unspecified atom stereocenters. The van der Waals surface area contributed by atoms with Crippen molar-refractivity contribution in [1.29, 1.82) is 0 Å². The highest BCUT2D eigenvalue weighted by molar-refractivity contribution is 5.78. The number of methoxy groups -OCH3 is 1. The third-order valence-electron chi connectivity index (χ3n) is 4.35. The predicted molar refractivity (Wildman–Crippen MR) is 76.2 cm³/mol. The number of likely N-dealkylation sites (N-methyl/N-ethyl adjacent to an activating group) is 1. The summed E-state index contributed by atoms with van der Waals surface area (Å²) in [6.45, 7) is 6.30. The zero-order valence-electron chi connectivity index (χ0n) is 12.5. The summed E-state index contributed by atoms with van der Waals surface area (Å²) in [6.07, 6.45) is 2.35. The number of carbonyl (C=O) groups is 1. The Hall–Kier alpha value is -1.35. The summed E-state index contributed by atoms with van der Waals surface area (Å²) in [5.41, 5.74) is 4.79. The summed E-state index contributed by atoms with van der Waals surface area (Å²) in [7, 11) is 3.49. The van der Waals surface area contributed by atoms with E-state index in [-0.39, 0.29) is 12.0 Å². The van der Waals surface area contributed by atoms with Crippen LogP contribution in [0.1, 0.15) is 41.1 Å². The Bertz CT molecular complexity index is 492. The summed E-state index contributed by atoms with van der Waals surface area (Å²) in [4.78, 5) is 14.3. The smallest absolute Gasteiger partial charge is 0.327 e. The highest BCUT2D eigenvalue weighted by Crippen LogP contribution is 2.35. The third kappa shape index (κ3) is 2.66. The molecule has 3 nitrogen and oxygen atoms in total. The van der Waals surface area contributed by atoms with Gasteiger partial charge in [-0.3, -0.25) is 4.90 Å². The minimum atomic E-state index is -0.281. The van der Waals surface area contributed by atoms with E-state index in [1.54, 1.807) is 0 Å². The lowest BCUT2D eigenvalue weighted by atomic mass is 9.93. The van der Waals surface area contributed by atoms with Crippen molar-refractivity contribution in [2.75, 3.05) is 14.2 Å². The van der Waals surface area contributed by atoms with Gasteiger partial charge in [-0.25, -0.2) is 4.79 Å². The second-order valence-electron chi connectivity index (χ2n) is 5.54. The van der Waals surface area contributed by atoms with Gasteiger partial charge >= 0.3 is 5.97 Å². The largest absolute Gasteiger partial charge is 0.468 e. The first-order valence-corrected chi connectivity index (χ1v) is 6.83. The van der Waals surface area contributed by atoms with E-state index in [0.717, 1.165) is 5.56 Å². The molecule has 1 aromatic carbocycles. The molecule has 104 valence electrons. The Morgan fingerprint density at radius 1 is 1.26 bits per heavy atom. The Kier molecular flexibility index (Phi) is 3.95. The highest BCUT2D eigenvalue weighted by Gasteiger charge is 2.37. The van der Waals surface area contributed by atoms with E-state index in [9.17, 15) is 4.79 Å². The lowest BCUT2D eigenvalue weighted by molar-refractivity contribution is -0.147. The van der Waals surface area contributed by atoms with Crippen molar-refractivity contribution in [3.8, 4) is 0 Å². The Morgan fingerprint density at radius 3 is 2.42 bits per heavy atom. The van der Waals surface area contributed by atoms with Gasteiger partial charge in [-0.1, -0.05) is 12.1 Å². The molecule has 0 heterocycles. The van der Waals surface area contributed by atoms with Crippen LogP contribution in [-0.2, 0) is 9.53 Å². The average Bonchev–Trinajstić information content (AvgIpc) is 3.22. The molecule has 19 heavy (non-hydrogen) atoms. The van der Waals surface area contributed by atoms with E-state index >= 15 is 0 Å². The molecule has 1 aliphatic rings. The van der Waals surface area contributed by atoms with Gasteiger partial charge in [0.1, 0.15) is 6.04 Å². The van der Waals surface area contributed by atoms with Crippen LogP contribution in [0.2, 0.25) is 0 Å².